The Morgan fingerprint density at radius 3 is 2.00 bits per heavy atom. The second kappa shape index (κ2) is 14.4. The van der Waals surface area contributed by atoms with E-state index in [0.717, 1.165) is 32.1 Å². The van der Waals surface area contributed by atoms with Gasteiger partial charge in [-0.1, -0.05) is 59.8 Å². The molecule has 0 saturated heterocycles. The SMILES string of the molecule is CC(C)(CCCCCC(N)=O)C(N)=O.CCCCCC(C)C(=N)C(C)=N. The van der Waals surface area contributed by atoms with Crippen LogP contribution in [-0.2, 0) is 9.59 Å². The Morgan fingerprint density at radius 2 is 1.58 bits per heavy atom. The third-order valence-electron chi connectivity index (χ3n) is 4.53. The molecular formula is C20H40N4O2. The first kappa shape index (κ1) is 26.5. The lowest BCUT2D eigenvalue weighted by Gasteiger charge is -2.19. The van der Waals surface area contributed by atoms with Crippen LogP contribution < -0.4 is 11.5 Å². The quantitative estimate of drug-likeness (QED) is 0.286. The molecule has 0 aromatic carbocycles. The minimum Gasteiger partial charge on any atom is -0.370 e. The summed E-state index contributed by atoms with van der Waals surface area (Å²) in [6, 6.07) is 0. The number of unbranched alkanes of at least 4 members (excludes halogenated alkanes) is 4. The van der Waals surface area contributed by atoms with Gasteiger partial charge in [0, 0.05) is 17.5 Å². The van der Waals surface area contributed by atoms with Gasteiger partial charge >= 0.3 is 0 Å². The van der Waals surface area contributed by atoms with E-state index in [9.17, 15) is 9.59 Å². The highest BCUT2D eigenvalue weighted by atomic mass is 16.1. The predicted octanol–water partition coefficient (Wildman–Crippen LogP) is 4.20. The van der Waals surface area contributed by atoms with Gasteiger partial charge in [0.2, 0.25) is 11.8 Å². The van der Waals surface area contributed by atoms with Crippen molar-refractivity contribution < 1.29 is 9.59 Å². The first-order valence-corrected chi connectivity index (χ1v) is 9.67. The number of nitrogens with one attached hydrogen (secondary N) is 2. The van der Waals surface area contributed by atoms with Crippen LogP contribution in [0.2, 0.25) is 0 Å². The Labute approximate surface area is 159 Å². The average Bonchev–Trinajstić information content (AvgIpc) is 2.53. The second-order valence-electron chi connectivity index (χ2n) is 7.71. The minimum atomic E-state index is -0.438. The summed E-state index contributed by atoms with van der Waals surface area (Å²) in [6.45, 7) is 9.58. The van der Waals surface area contributed by atoms with Crippen LogP contribution in [0.15, 0.2) is 0 Å². The summed E-state index contributed by atoms with van der Waals surface area (Å²) >= 11 is 0. The summed E-state index contributed by atoms with van der Waals surface area (Å²) < 4.78 is 0. The van der Waals surface area contributed by atoms with Crippen LogP contribution >= 0.6 is 0 Å². The lowest BCUT2D eigenvalue weighted by Crippen LogP contribution is -2.31. The van der Waals surface area contributed by atoms with Gasteiger partial charge in [0.1, 0.15) is 0 Å². The Hall–Kier alpha value is -1.72. The van der Waals surface area contributed by atoms with E-state index in [0.29, 0.717) is 17.8 Å². The third-order valence-corrected chi connectivity index (χ3v) is 4.53. The Kier molecular flexibility index (Phi) is 14.7. The van der Waals surface area contributed by atoms with Crippen LogP contribution in [0.3, 0.4) is 0 Å². The summed E-state index contributed by atoms with van der Waals surface area (Å²) in [7, 11) is 0. The number of primary amides is 2. The molecule has 0 heterocycles. The summed E-state index contributed by atoms with van der Waals surface area (Å²) in [5, 5.41) is 14.8. The standard InChI is InChI=1S/C10H20N2O2.C10H20N2/c1-10(2,9(12)14)7-5-3-4-6-8(11)13;1-4-5-6-7-8(2)10(12)9(3)11/h3-7H2,1-2H3,(H2,11,13)(H2,12,14);8,11-12H,4-7H2,1-3H3. The monoisotopic (exact) mass is 368 g/mol. The number of nitrogens with two attached hydrogens (primary N) is 2. The summed E-state index contributed by atoms with van der Waals surface area (Å²) in [5.74, 6) is -0.263. The molecule has 6 N–H and O–H groups in total. The van der Waals surface area contributed by atoms with Gasteiger partial charge in [-0.05, 0) is 32.1 Å². The van der Waals surface area contributed by atoms with Crippen molar-refractivity contribution in [1.82, 2.24) is 0 Å². The largest absolute Gasteiger partial charge is 0.370 e. The molecule has 0 bridgehead atoms. The van der Waals surface area contributed by atoms with Gasteiger partial charge in [0.05, 0.1) is 5.71 Å². The van der Waals surface area contributed by atoms with Crippen LogP contribution in [0.5, 0.6) is 0 Å². The van der Waals surface area contributed by atoms with E-state index in [-0.39, 0.29) is 17.7 Å². The van der Waals surface area contributed by atoms with Gasteiger partial charge in [-0.25, -0.2) is 0 Å². The molecule has 152 valence electrons. The molecule has 0 aliphatic heterocycles. The molecule has 0 rings (SSSR count). The highest BCUT2D eigenvalue weighted by Gasteiger charge is 2.23. The lowest BCUT2D eigenvalue weighted by molar-refractivity contribution is -0.126. The fourth-order valence-electron chi connectivity index (χ4n) is 2.38. The predicted molar refractivity (Wildman–Crippen MR) is 110 cm³/mol. The summed E-state index contributed by atoms with van der Waals surface area (Å²) in [5.41, 5.74) is 10.7. The average molecular weight is 369 g/mol. The zero-order valence-corrected chi connectivity index (χ0v) is 17.4. The molecule has 1 unspecified atom stereocenters. The van der Waals surface area contributed by atoms with Crippen molar-refractivity contribution in [1.29, 1.82) is 10.8 Å². The van der Waals surface area contributed by atoms with E-state index >= 15 is 0 Å². The van der Waals surface area contributed by atoms with Crippen LogP contribution in [-0.4, -0.2) is 23.2 Å². The van der Waals surface area contributed by atoms with Crippen molar-refractivity contribution in [3.63, 3.8) is 0 Å². The van der Waals surface area contributed by atoms with Crippen LogP contribution in [0.4, 0.5) is 0 Å². The van der Waals surface area contributed by atoms with Gasteiger partial charge < -0.3 is 22.3 Å². The normalized spacial score (nSPS) is 11.9. The molecular weight excluding hydrogens is 328 g/mol. The van der Waals surface area contributed by atoms with E-state index in [1.54, 1.807) is 6.92 Å². The molecule has 1 atom stereocenters. The number of carbonyl (C=O) groups excluding carboxylic acids is 2. The van der Waals surface area contributed by atoms with E-state index < -0.39 is 5.41 Å². The maximum Gasteiger partial charge on any atom is 0.223 e. The zero-order chi connectivity index (χ0) is 20.8. The minimum absolute atomic E-state index is 0.265. The number of amides is 2. The second-order valence-corrected chi connectivity index (χ2v) is 7.71. The number of hydrogen-bond acceptors (Lipinski definition) is 4. The molecule has 0 aromatic rings. The van der Waals surface area contributed by atoms with Gasteiger partial charge in [-0.3, -0.25) is 9.59 Å². The van der Waals surface area contributed by atoms with Crippen molar-refractivity contribution in [3.8, 4) is 0 Å². The number of carbonyl (C=O) groups is 2. The topological polar surface area (TPSA) is 134 Å². The van der Waals surface area contributed by atoms with Gasteiger partial charge in [0.25, 0.3) is 0 Å². The molecule has 26 heavy (non-hydrogen) atoms. The van der Waals surface area contributed by atoms with E-state index in [2.05, 4.69) is 6.92 Å². The molecule has 2 amide bonds. The lowest BCUT2D eigenvalue weighted by atomic mass is 9.86. The number of hydrogen-bond donors (Lipinski definition) is 4. The summed E-state index contributed by atoms with van der Waals surface area (Å²) in [6.07, 6.45) is 8.53. The maximum absolute atomic E-state index is 10.9. The highest BCUT2D eigenvalue weighted by Crippen LogP contribution is 2.23. The van der Waals surface area contributed by atoms with E-state index in [1.165, 1.54) is 19.3 Å². The third kappa shape index (κ3) is 14.6. The number of rotatable bonds is 13. The molecule has 0 aliphatic carbocycles. The molecule has 0 saturated carbocycles. The van der Waals surface area contributed by atoms with Crippen molar-refractivity contribution in [3.05, 3.63) is 0 Å². The van der Waals surface area contributed by atoms with Crippen LogP contribution in [0.25, 0.3) is 0 Å². The summed E-state index contributed by atoms with van der Waals surface area (Å²) in [4.78, 5) is 21.4. The molecule has 0 radical (unpaired) electrons. The fraction of sp³-hybridized carbons (Fsp3) is 0.800. The zero-order valence-electron chi connectivity index (χ0n) is 17.4. The van der Waals surface area contributed by atoms with E-state index in [4.69, 9.17) is 22.3 Å². The molecule has 0 aliphatic rings. The van der Waals surface area contributed by atoms with Crippen LogP contribution in [0.1, 0.15) is 92.4 Å². The first-order valence-electron chi connectivity index (χ1n) is 9.67. The van der Waals surface area contributed by atoms with Gasteiger partial charge in [-0.15, -0.1) is 0 Å². The van der Waals surface area contributed by atoms with E-state index in [1.807, 2.05) is 20.8 Å². The van der Waals surface area contributed by atoms with Crippen molar-refractivity contribution in [2.45, 2.75) is 92.4 Å². The fourth-order valence-corrected chi connectivity index (χ4v) is 2.38. The smallest absolute Gasteiger partial charge is 0.223 e. The maximum atomic E-state index is 10.9. The molecule has 0 spiro atoms. The van der Waals surface area contributed by atoms with Gasteiger partial charge in [-0.2, -0.15) is 0 Å². The van der Waals surface area contributed by atoms with Crippen LogP contribution in [0, 0.1) is 22.2 Å². The molecule has 0 fully saturated rings. The highest BCUT2D eigenvalue weighted by molar-refractivity contribution is 6.39. The Balaban J connectivity index is 0. The molecule has 6 nitrogen and oxygen atoms in total. The van der Waals surface area contributed by atoms with Crippen molar-refractivity contribution >= 4 is 23.2 Å². The first-order chi connectivity index (χ1) is 12.0. The van der Waals surface area contributed by atoms with Gasteiger partial charge in [0.15, 0.2) is 0 Å². The molecule has 6 heteroatoms. The molecule has 0 aromatic heterocycles. The van der Waals surface area contributed by atoms with Crippen molar-refractivity contribution in [2.75, 3.05) is 0 Å². The Morgan fingerprint density at radius 1 is 1.00 bits per heavy atom. The van der Waals surface area contributed by atoms with Crippen molar-refractivity contribution in [2.24, 2.45) is 22.8 Å². The Bertz CT molecular complexity index is 459.